The number of aromatic nitrogens is 3. The van der Waals surface area contributed by atoms with Gasteiger partial charge in [-0.3, -0.25) is 9.36 Å². The number of amides is 1. The molecule has 0 aliphatic carbocycles. The van der Waals surface area contributed by atoms with Crippen LogP contribution >= 0.6 is 0 Å². The van der Waals surface area contributed by atoms with Crippen LogP contribution in [0.1, 0.15) is 23.2 Å². The molecule has 0 radical (unpaired) electrons. The molecule has 2 aromatic heterocycles. The monoisotopic (exact) mass is 271 g/mol. The molecule has 3 heterocycles. The lowest BCUT2D eigenvalue weighted by atomic mass is 10.1. The molecular weight excluding hydrogens is 254 g/mol. The van der Waals surface area contributed by atoms with Crippen LogP contribution in [0.5, 0.6) is 0 Å². The molecule has 6 heteroatoms. The minimum absolute atomic E-state index is 0.0533. The van der Waals surface area contributed by atoms with E-state index in [2.05, 4.69) is 20.6 Å². The Morgan fingerprint density at radius 1 is 1.45 bits per heavy atom. The first kappa shape index (κ1) is 12.8. The molecule has 3 rings (SSSR count). The van der Waals surface area contributed by atoms with Crippen LogP contribution < -0.4 is 10.6 Å². The molecular formula is C14H17N5O. The summed E-state index contributed by atoms with van der Waals surface area (Å²) in [6.45, 7) is 1.87. The number of pyridine rings is 1. The Morgan fingerprint density at radius 2 is 2.40 bits per heavy atom. The highest BCUT2D eigenvalue weighted by molar-refractivity contribution is 5.94. The number of nitrogens with one attached hydrogen (secondary N) is 2. The van der Waals surface area contributed by atoms with Crippen molar-refractivity contribution in [2.24, 2.45) is 0 Å². The van der Waals surface area contributed by atoms with Crippen LogP contribution in [-0.4, -0.2) is 39.6 Å². The molecule has 20 heavy (non-hydrogen) atoms. The van der Waals surface area contributed by atoms with Crippen LogP contribution in [0.15, 0.2) is 37.1 Å². The molecule has 0 saturated carbocycles. The van der Waals surface area contributed by atoms with Crippen LogP contribution in [0.25, 0.3) is 5.82 Å². The second-order valence-corrected chi connectivity index (χ2v) is 4.89. The molecule has 104 valence electrons. The zero-order valence-electron chi connectivity index (χ0n) is 11.1. The molecule has 0 aromatic carbocycles. The molecule has 1 fully saturated rings. The van der Waals surface area contributed by atoms with Crippen molar-refractivity contribution in [3.63, 3.8) is 0 Å². The lowest BCUT2D eigenvalue weighted by Gasteiger charge is -2.23. The molecule has 0 unspecified atom stereocenters. The topological polar surface area (TPSA) is 71.8 Å². The number of imidazole rings is 1. The summed E-state index contributed by atoms with van der Waals surface area (Å²) < 4.78 is 1.78. The van der Waals surface area contributed by atoms with Crippen molar-refractivity contribution >= 4 is 5.91 Å². The van der Waals surface area contributed by atoms with E-state index in [1.807, 2.05) is 0 Å². The van der Waals surface area contributed by atoms with Gasteiger partial charge in [-0.15, -0.1) is 0 Å². The second-order valence-electron chi connectivity index (χ2n) is 4.89. The lowest BCUT2D eigenvalue weighted by Crippen LogP contribution is -2.45. The van der Waals surface area contributed by atoms with E-state index < -0.39 is 0 Å². The first-order valence-electron chi connectivity index (χ1n) is 6.79. The maximum atomic E-state index is 12.2. The van der Waals surface area contributed by atoms with Crippen molar-refractivity contribution in [1.29, 1.82) is 0 Å². The minimum Gasteiger partial charge on any atom is -0.348 e. The zero-order chi connectivity index (χ0) is 13.8. The molecule has 0 bridgehead atoms. The number of nitrogens with zero attached hydrogens (tertiary/aromatic N) is 3. The highest BCUT2D eigenvalue weighted by atomic mass is 16.1. The van der Waals surface area contributed by atoms with E-state index in [1.54, 1.807) is 41.6 Å². The van der Waals surface area contributed by atoms with E-state index in [9.17, 15) is 4.79 Å². The molecule has 2 N–H and O–H groups in total. The van der Waals surface area contributed by atoms with Crippen LogP contribution in [0, 0.1) is 0 Å². The highest BCUT2D eigenvalue weighted by Gasteiger charge is 2.16. The van der Waals surface area contributed by atoms with Crippen molar-refractivity contribution < 1.29 is 4.79 Å². The first-order valence-corrected chi connectivity index (χ1v) is 6.79. The van der Waals surface area contributed by atoms with Gasteiger partial charge < -0.3 is 10.6 Å². The largest absolute Gasteiger partial charge is 0.348 e. The van der Waals surface area contributed by atoms with Gasteiger partial charge in [0.2, 0.25) is 0 Å². The lowest BCUT2D eigenvalue weighted by molar-refractivity contribution is 0.0930. The van der Waals surface area contributed by atoms with Gasteiger partial charge in [-0.05, 0) is 31.5 Å². The van der Waals surface area contributed by atoms with Crippen LogP contribution in [0.3, 0.4) is 0 Å². The standard InChI is InChI=1S/C14H17N5O/c20-14(18-12-2-1-4-15-9-12)11-3-5-17-13(8-11)19-7-6-16-10-19/h3,5-8,10,12,15H,1-2,4,9H2,(H,18,20)/t12-/m0/s1. The summed E-state index contributed by atoms with van der Waals surface area (Å²) >= 11 is 0. The minimum atomic E-state index is -0.0533. The van der Waals surface area contributed by atoms with Gasteiger partial charge >= 0.3 is 0 Å². The van der Waals surface area contributed by atoms with Crippen molar-refractivity contribution in [2.45, 2.75) is 18.9 Å². The molecule has 1 atom stereocenters. The number of rotatable bonds is 3. The normalized spacial score (nSPS) is 18.7. The molecule has 1 amide bonds. The van der Waals surface area contributed by atoms with Crippen LogP contribution in [-0.2, 0) is 0 Å². The number of hydrogen-bond acceptors (Lipinski definition) is 4. The summed E-state index contributed by atoms with van der Waals surface area (Å²) in [7, 11) is 0. The Hall–Kier alpha value is -2.21. The number of piperidine rings is 1. The fourth-order valence-electron chi connectivity index (χ4n) is 2.34. The summed E-state index contributed by atoms with van der Waals surface area (Å²) in [5, 5.41) is 6.34. The van der Waals surface area contributed by atoms with Crippen LogP contribution in [0.2, 0.25) is 0 Å². The van der Waals surface area contributed by atoms with Gasteiger partial charge in [-0.2, -0.15) is 0 Å². The smallest absolute Gasteiger partial charge is 0.251 e. The quantitative estimate of drug-likeness (QED) is 0.864. The van der Waals surface area contributed by atoms with Gasteiger partial charge in [0.25, 0.3) is 5.91 Å². The van der Waals surface area contributed by atoms with E-state index in [1.165, 1.54) is 0 Å². The molecule has 6 nitrogen and oxygen atoms in total. The molecule has 1 saturated heterocycles. The van der Waals surface area contributed by atoms with E-state index in [0.29, 0.717) is 11.4 Å². The van der Waals surface area contributed by atoms with Gasteiger partial charge in [0, 0.05) is 36.7 Å². The molecule has 1 aliphatic heterocycles. The molecule has 0 spiro atoms. The molecule has 1 aliphatic rings. The van der Waals surface area contributed by atoms with Crippen molar-refractivity contribution in [1.82, 2.24) is 25.2 Å². The van der Waals surface area contributed by atoms with E-state index in [0.717, 1.165) is 25.9 Å². The summed E-state index contributed by atoms with van der Waals surface area (Å²) in [5.41, 5.74) is 0.620. The highest BCUT2D eigenvalue weighted by Crippen LogP contribution is 2.08. The Morgan fingerprint density at radius 3 is 3.15 bits per heavy atom. The Balaban J connectivity index is 1.73. The fourth-order valence-corrected chi connectivity index (χ4v) is 2.34. The predicted molar refractivity (Wildman–Crippen MR) is 74.7 cm³/mol. The van der Waals surface area contributed by atoms with Gasteiger partial charge in [0.1, 0.15) is 12.1 Å². The Labute approximate surface area is 117 Å². The average molecular weight is 271 g/mol. The number of carbonyl (C=O) groups is 1. The third-order valence-electron chi connectivity index (χ3n) is 3.41. The summed E-state index contributed by atoms with van der Waals surface area (Å²) in [6, 6.07) is 3.71. The van der Waals surface area contributed by atoms with Crippen LogP contribution in [0.4, 0.5) is 0 Å². The fraction of sp³-hybridized carbons (Fsp3) is 0.357. The van der Waals surface area contributed by atoms with Gasteiger partial charge in [0.05, 0.1) is 0 Å². The molecule has 2 aromatic rings. The predicted octanol–water partition coefficient (Wildman–Crippen LogP) is 0.749. The van der Waals surface area contributed by atoms with Gasteiger partial charge in [-0.1, -0.05) is 0 Å². The van der Waals surface area contributed by atoms with E-state index in [-0.39, 0.29) is 11.9 Å². The number of carbonyl (C=O) groups excluding carboxylic acids is 1. The van der Waals surface area contributed by atoms with Gasteiger partial charge in [-0.25, -0.2) is 9.97 Å². The van der Waals surface area contributed by atoms with Crippen molar-refractivity contribution in [2.75, 3.05) is 13.1 Å². The maximum absolute atomic E-state index is 12.2. The van der Waals surface area contributed by atoms with Crippen molar-refractivity contribution in [3.05, 3.63) is 42.6 Å². The summed E-state index contributed by atoms with van der Waals surface area (Å²) in [4.78, 5) is 20.5. The summed E-state index contributed by atoms with van der Waals surface area (Å²) in [6.07, 6.45) is 8.91. The zero-order valence-corrected chi connectivity index (χ0v) is 11.1. The maximum Gasteiger partial charge on any atom is 0.251 e. The first-order chi connectivity index (χ1) is 9.83. The Bertz CT molecular complexity index is 575. The average Bonchev–Trinajstić information content (AvgIpc) is 3.03. The SMILES string of the molecule is O=C(N[C@H]1CCCNC1)c1ccnc(-n2ccnc2)c1. The Kier molecular flexibility index (Phi) is 3.73. The third kappa shape index (κ3) is 2.85. The van der Waals surface area contributed by atoms with E-state index in [4.69, 9.17) is 0 Å². The summed E-state index contributed by atoms with van der Waals surface area (Å²) in [5.74, 6) is 0.638. The number of hydrogen-bond donors (Lipinski definition) is 2. The van der Waals surface area contributed by atoms with Gasteiger partial charge in [0.15, 0.2) is 0 Å². The second kappa shape index (κ2) is 5.83. The van der Waals surface area contributed by atoms with Crippen molar-refractivity contribution in [3.8, 4) is 5.82 Å². The third-order valence-corrected chi connectivity index (χ3v) is 3.41. The van der Waals surface area contributed by atoms with E-state index >= 15 is 0 Å².